The first-order valence-corrected chi connectivity index (χ1v) is 12.3. The highest BCUT2D eigenvalue weighted by Gasteiger charge is 2.42. The third-order valence-corrected chi connectivity index (χ3v) is 6.17. The zero-order chi connectivity index (χ0) is 24.8. The number of aliphatic hydroxyl groups excluding tert-OH is 1. The van der Waals surface area contributed by atoms with Crippen molar-refractivity contribution in [2.24, 2.45) is 0 Å². The number of rotatable bonds is 12. The van der Waals surface area contributed by atoms with E-state index in [-0.39, 0.29) is 18.3 Å². The van der Waals surface area contributed by atoms with Gasteiger partial charge in [-0.15, -0.1) is 0 Å². The number of phenolic OH excluding ortho intramolecular Hbond substituents is 1. The number of benzene rings is 2. The molecule has 0 aliphatic carbocycles. The van der Waals surface area contributed by atoms with Crippen LogP contribution in [0, 0.1) is 0 Å². The number of aliphatic hydroxyl groups is 1. The van der Waals surface area contributed by atoms with Crippen LogP contribution in [0.4, 0.5) is 0 Å². The van der Waals surface area contributed by atoms with Gasteiger partial charge < -0.3 is 24.6 Å². The lowest BCUT2D eigenvalue weighted by Crippen LogP contribution is -2.31. The number of hydrogen-bond acceptors (Lipinski definition) is 6. The van der Waals surface area contributed by atoms with Crippen LogP contribution in [0.2, 0.25) is 0 Å². The minimum atomic E-state index is -0.453. The van der Waals surface area contributed by atoms with Gasteiger partial charge in [0.2, 0.25) is 0 Å². The lowest BCUT2D eigenvalue weighted by molar-refractivity contribution is 0.0732. The average Bonchev–Trinajstić information content (AvgIpc) is 3.40. The van der Waals surface area contributed by atoms with Gasteiger partial charge in [0, 0.05) is 24.3 Å². The Hall–Kier alpha value is -3.52. The predicted octanol–water partition coefficient (Wildman–Crippen LogP) is 4.68. The van der Waals surface area contributed by atoms with Crippen LogP contribution in [-0.4, -0.2) is 57.6 Å². The average molecular weight is 480 g/mol. The molecule has 1 aromatic heterocycles. The fraction of sp³-hybridized carbons (Fsp3) is 0.407. The third kappa shape index (κ3) is 4.98. The largest absolute Gasteiger partial charge is 0.507 e. The maximum absolute atomic E-state index is 13.4. The second kappa shape index (κ2) is 11.3. The van der Waals surface area contributed by atoms with Gasteiger partial charge in [0.1, 0.15) is 17.1 Å². The van der Waals surface area contributed by atoms with Crippen LogP contribution in [-0.2, 0) is 0 Å². The van der Waals surface area contributed by atoms with Crippen molar-refractivity contribution in [2.75, 3.05) is 26.4 Å². The van der Waals surface area contributed by atoms with Gasteiger partial charge in [0.05, 0.1) is 19.3 Å². The summed E-state index contributed by atoms with van der Waals surface area (Å²) in [6.45, 7) is 5.52. The van der Waals surface area contributed by atoms with Crippen molar-refractivity contribution in [1.29, 1.82) is 0 Å². The van der Waals surface area contributed by atoms with Gasteiger partial charge in [0.15, 0.2) is 11.5 Å². The molecule has 2 aromatic carbocycles. The molecular formula is C27H33N3O5. The first-order chi connectivity index (χ1) is 17.1. The first-order valence-electron chi connectivity index (χ1n) is 12.3. The Morgan fingerprint density at radius 1 is 1.06 bits per heavy atom. The summed E-state index contributed by atoms with van der Waals surface area (Å²) >= 11 is 0. The second-order valence-corrected chi connectivity index (χ2v) is 8.55. The third-order valence-electron chi connectivity index (χ3n) is 6.17. The number of amides is 1. The van der Waals surface area contributed by atoms with E-state index in [1.807, 2.05) is 31.2 Å². The van der Waals surface area contributed by atoms with E-state index < -0.39 is 6.04 Å². The summed E-state index contributed by atoms with van der Waals surface area (Å²) in [6.07, 6.45) is 3.64. The van der Waals surface area contributed by atoms with E-state index in [1.165, 1.54) is 0 Å². The standard InChI is InChI=1S/C27H33N3O5/c1-3-5-8-16-35-21-13-12-18(17-22(21)34-4-2)26-23-24(19-10-6-7-11-20(19)32)28-29-25(23)27(33)30(26)14-9-15-31/h6-7,10-13,17,26,31-32H,3-5,8-9,14-16H2,1-2H3,(H,28,29)/t26-/m0/s1. The molecule has 2 heterocycles. The normalized spacial score (nSPS) is 14.9. The summed E-state index contributed by atoms with van der Waals surface area (Å²) in [5.74, 6) is 1.20. The number of hydrogen-bond donors (Lipinski definition) is 3. The van der Waals surface area contributed by atoms with Gasteiger partial charge in [-0.2, -0.15) is 5.10 Å². The van der Waals surface area contributed by atoms with E-state index in [9.17, 15) is 15.0 Å². The fourth-order valence-corrected chi connectivity index (χ4v) is 4.51. The van der Waals surface area contributed by atoms with E-state index in [1.54, 1.807) is 23.1 Å². The highest BCUT2D eigenvalue weighted by atomic mass is 16.5. The minimum absolute atomic E-state index is 0.0241. The Bertz CT molecular complexity index is 1160. The van der Waals surface area contributed by atoms with Crippen molar-refractivity contribution in [1.82, 2.24) is 15.1 Å². The molecule has 4 rings (SSSR count). The molecule has 0 saturated heterocycles. The summed E-state index contributed by atoms with van der Waals surface area (Å²) in [7, 11) is 0. The lowest BCUT2D eigenvalue weighted by Gasteiger charge is -2.27. The summed E-state index contributed by atoms with van der Waals surface area (Å²) in [6, 6.07) is 12.2. The monoisotopic (exact) mass is 479 g/mol. The van der Waals surface area contributed by atoms with Gasteiger partial charge in [0.25, 0.3) is 5.91 Å². The maximum Gasteiger partial charge on any atom is 0.273 e. The number of carbonyl (C=O) groups excluding carboxylic acids is 1. The molecule has 8 nitrogen and oxygen atoms in total. The van der Waals surface area contributed by atoms with Crippen molar-refractivity contribution in [3.05, 3.63) is 59.3 Å². The van der Waals surface area contributed by atoms with Gasteiger partial charge >= 0.3 is 0 Å². The number of nitrogens with one attached hydrogen (secondary N) is 1. The Balaban J connectivity index is 1.77. The number of nitrogens with zero attached hydrogens (tertiary/aromatic N) is 2. The van der Waals surface area contributed by atoms with Crippen LogP contribution < -0.4 is 9.47 Å². The highest BCUT2D eigenvalue weighted by Crippen LogP contribution is 2.45. The van der Waals surface area contributed by atoms with Crippen molar-refractivity contribution in [2.45, 2.75) is 45.6 Å². The Morgan fingerprint density at radius 3 is 2.63 bits per heavy atom. The predicted molar refractivity (Wildman–Crippen MR) is 133 cm³/mol. The highest BCUT2D eigenvalue weighted by molar-refractivity contribution is 6.00. The number of aromatic amines is 1. The Kier molecular flexibility index (Phi) is 7.92. The Labute approximate surface area is 205 Å². The Morgan fingerprint density at radius 2 is 1.89 bits per heavy atom. The smallest absolute Gasteiger partial charge is 0.273 e. The topological polar surface area (TPSA) is 108 Å². The molecule has 3 aromatic rings. The van der Waals surface area contributed by atoms with E-state index in [0.717, 1.165) is 24.8 Å². The summed E-state index contributed by atoms with van der Waals surface area (Å²) < 4.78 is 11.9. The minimum Gasteiger partial charge on any atom is -0.507 e. The number of carbonyl (C=O) groups is 1. The molecule has 8 heteroatoms. The van der Waals surface area contributed by atoms with Gasteiger partial charge in [-0.25, -0.2) is 0 Å². The van der Waals surface area contributed by atoms with Crippen LogP contribution in [0.15, 0.2) is 42.5 Å². The van der Waals surface area contributed by atoms with Crippen LogP contribution in [0.25, 0.3) is 11.3 Å². The summed E-state index contributed by atoms with van der Waals surface area (Å²) in [5, 5.41) is 27.2. The number of unbranched alkanes of at least 4 members (excludes halogenated alkanes) is 2. The zero-order valence-electron chi connectivity index (χ0n) is 20.3. The van der Waals surface area contributed by atoms with E-state index in [0.29, 0.717) is 60.2 Å². The number of aromatic hydroxyl groups is 1. The molecular weight excluding hydrogens is 446 g/mol. The molecule has 186 valence electrons. The number of para-hydroxylation sites is 1. The molecule has 0 unspecified atom stereocenters. The van der Waals surface area contributed by atoms with Crippen molar-refractivity contribution >= 4 is 5.91 Å². The van der Waals surface area contributed by atoms with Crippen molar-refractivity contribution in [3.63, 3.8) is 0 Å². The fourth-order valence-electron chi connectivity index (χ4n) is 4.51. The number of H-pyrrole nitrogens is 1. The number of aromatic nitrogens is 2. The SMILES string of the molecule is CCCCCOc1ccc([C@H]2c3c(-c4ccccc4O)n[nH]c3C(=O)N2CCCO)cc1OCC. The van der Waals surface area contributed by atoms with Gasteiger partial charge in [-0.3, -0.25) is 9.89 Å². The molecule has 1 aliphatic heterocycles. The molecule has 1 atom stereocenters. The maximum atomic E-state index is 13.4. The number of ether oxygens (including phenoxy) is 2. The quantitative estimate of drug-likeness (QED) is 0.326. The van der Waals surface area contributed by atoms with Crippen LogP contribution in [0.1, 0.15) is 67.2 Å². The van der Waals surface area contributed by atoms with Crippen LogP contribution in [0.5, 0.6) is 17.2 Å². The number of fused-ring (bicyclic) bond motifs is 1. The number of phenols is 1. The molecule has 1 amide bonds. The van der Waals surface area contributed by atoms with E-state index in [4.69, 9.17) is 9.47 Å². The molecule has 0 saturated carbocycles. The summed E-state index contributed by atoms with van der Waals surface area (Å²) in [4.78, 5) is 15.1. The molecule has 3 N–H and O–H groups in total. The van der Waals surface area contributed by atoms with Crippen molar-refractivity contribution < 1.29 is 24.5 Å². The molecule has 0 spiro atoms. The van der Waals surface area contributed by atoms with Gasteiger partial charge in [-0.1, -0.05) is 38.0 Å². The molecule has 0 fully saturated rings. The lowest BCUT2D eigenvalue weighted by atomic mass is 9.95. The zero-order valence-corrected chi connectivity index (χ0v) is 20.3. The molecule has 0 radical (unpaired) electrons. The molecule has 1 aliphatic rings. The first kappa shape index (κ1) is 24.6. The van der Waals surface area contributed by atoms with E-state index in [2.05, 4.69) is 17.1 Å². The molecule has 0 bridgehead atoms. The summed E-state index contributed by atoms with van der Waals surface area (Å²) in [5.41, 5.74) is 3.02. The molecule has 35 heavy (non-hydrogen) atoms. The van der Waals surface area contributed by atoms with Crippen LogP contribution in [0.3, 0.4) is 0 Å². The second-order valence-electron chi connectivity index (χ2n) is 8.55. The van der Waals surface area contributed by atoms with Crippen LogP contribution >= 0.6 is 0 Å². The van der Waals surface area contributed by atoms with Gasteiger partial charge in [-0.05, 0) is 49.6 Å². The van der Waals surface area contributed by atoms with E-state index >= 15 is 0 Å². The van der Waals surface area contributed by atoms with Crippen molar-refractivity contribution in [3.8, 4) is 28.5 Å².